The summed E-state index contributed by atoms with van der Waals surface area (Å²) in [6.07, 6.45) is 3.51. The predicted molar refractivity (Wildman–Crippen MR) is 130 cm³/mol. The molecule has 3 aromatic carbocycles. The van der Waals surface area contributed by atoms with E-state index in [0.29, 0.717) is 18.4 Å². The van der Waals surface area contributed by atoms with Crippen LogP contribution in [0.25, 0.3) is 0 Å². The van der Waals surface area contributed by atoms with Gasteiger partial charge in [0.25, 0.3) is 0 Å². The number of anilines is 2. The first-order valence-corrected chi connectivity index (χ1v) is 11.5. The lowest BCUT2D eigenvalue weighted by Gasteiger charge is -2.36. The third kappa shape index (κ3) is 5.30. The lowest BCUT2D eigenvalue weighted by molar-refractivity contribution is -0.116. The summed E-state index contributed by atoms with van der Waals surface area (Å²) in [6, 6.07) is 21.5. The van der Waals surface area contributed by atoms with Crippen LogP contribution in [-0.4, -0.2) is 18.7 Å². The highest BCUT2D eigenvalue weighted by Gasteiger charge is 2.25. The van der Waals surface area contributed by atoms with Crippen molar-refractivity contribution in [3.8, 4) is 0 Å². The molecule has 0 fully saturated rings. The van der Waals surface area contributed by atoms with Crippen molar-refractivity contribution in [3.05, 3.63) is 94.8 Å². The predicted octanol–water partition coefficient (Wildman–Crippen LogP) is 5.46. The minimum absolute atomic E-state index is 0.0842. The van der Waals surface area contributed by atoms with E-state index in [0.717, 1.165) is 49.2 Å². The maximum Gasteiger partial charge on any atom is 0.224 e. The van der Waals surface area contributed by atoms with Gasteiger partial charge in [0.05, 0.1) is 17.9 Å². The Morgan fingerprint density at radius 3 is 2.61 bits per heavy atom. The van der Waals surface area contributed by atoms with Crippen LogP contribution in [0.4, 0.5) is 15.8 Å². The molecule has 0 aliphatic carbocycles. The molecule has 1 aliphatic rings. The quantitative estimate of drug-likeness (QED) is 0.433. The fraction of sp³-hybridized carbons (Fsp3) is 0.286. The number of carbonyl (C=O) groups excluding carboxylic acids is 2. The first-order chi connectivity index (χ1) is 16.1. The topological polar surface area (TPSA) is 40.6 Å². The van der Waals surface area contributed by atoms with Gasteiger partial charge in [-0.05, 0) is 53.6 Å². The Hall–Kier alpha value is -3.47. The van der Waals surface area contributed by atoms with Crippen LogP contribution < -0.4 is 9.80 Å². The first kappa shape index (κ1) is 22.7. The number of aryl methyl sites for hydroxylation is 2. The summed E-state index contributed by atoms with van der Waals surface area (Å²) in [7, 11) is 0. The zero-order valence-corrected chi connectivity index (χ0v) is 19.0. The van der Waals surface area contributed by atoms with E-state index in [2.05, 4.69) is 23.1 Å². The average Bonchev–Trinajstić information content (AvgIpc) is 2.82. The van der Waals surface area contributed by atoms with Crippen molar-refractivity contribution in [1.29, 1.82) is 0 Å². The van der Waals surface area contributed by atoms with Gasteiger partial charge in [-0.15, -0.1) is 0 Å². The molecule has 0 spiro atoms. The summed E-state index contributed by atoms with van der Waals surface area (Å²) < 4.78 is 14.6. The monoisotopic (exact) mass is 444 g/mol. The van der Waals surface area contributed by atoms with E-state index in [1.165, 1.54) is 17.2 Å². The van der Waals surface area contributed by atoms with Gasteiger partial charge in [-0.25, -0.2) is 4.39 Å². The van der Waals surface area contributed by atoms with E-state index in [4.69, 9.17) is 0 Å². The van der Waals surface area contributed by atoms with E-state index >= 15 is 0 Å². The molecule has 0 radical (unpaired) electrons. The SMILES string of the molecule is CC(=O)N(Cc1ccc(CCC=O)c(F)c1)c1cccc2c1N(Cc1ccccc1)CCC2. The molecule has 0 saturated carbocycles. The largest absolute Gasteiger partial charge is 0.365 e. The molecular weight excluding hydrogens is 415 g/mol. The number of carbonyl (C=O) groups is 2. The van der Waals surface area contributed by atoms with Gasteiger partial charge in [-0.3, -0.25) is 4.79 Å². The molecule has 0 N–H and O–H groups in total. The number of benzene rings is 3. The standard InChI is InChI=1S/C28H29FN2O2/c1-21(33)31(20-23-14-15-24(12-7-17-32)26(29)18-23)27-13-5-10-25-11-6-16-30(28(25)27)19-22-8-3-2-4-9-22/h2-5,8-10,13-15,17-18H,6-7,11-12,16,19-20H2,1H3. The molecule has 4 rings (SSSR count). The molecule has 3 aromatic rings. The van der Waals surface area contributed by atoms with Gasteiger partial charge in [0.1, 0.15) is 12.1 Å². The van der Waals surface area contributed by atoms with Gasteiger partial charge >= 0.3 is 0 Å². The Kier molecular flexibility index (Phi) is 7.18. The van der Waals surface area contributed by atoms with Crippen LogP contribution in [-0.2, 0) is 35.5 Å². The number of hydrogen-bond donors (Lipinski definition) is 0. The third-order valence-corrected chi connectivity index (χ3v) is 6.17. The number of nitrogens with zero attached hydrogens (tertiary/aromatic N) is 2. The van der Waals surface area contributed by atoms with E-state index in [9.17, 15) is 14.0 Å². The van der Waals surface area contributed by atoms with Crippen LogP contribution in [0.1, 0.15) is 42.0 Å². The molecule has 0 bridgehead atoms. The molecule has 170 valence electrons. The highest BCUT2D eigenvalue weighted by molar-refractivity contribution is 5.96. The Bertz CT molecular complexity index is 1130. The maximum atomic E-state index is 14.6. The summed E-state index contributed by atoms with van der Waals surface area (Å²) in [6.45, 7) is 3.54. The van der Waals surface area contributed by atoms with Crippen LogP contribution >= 0.6 is 0 Å². The van der Waals surface area contributed by atoms with Crippen LogP contribution in [0.3, 0.4) is 0 Å². The first-order valence-electron chi connectivity index (χ1n) is 11.5. The van der Waals surface area contributed by atoms with Gasteiger partial charge in [0.2, 0.25) is 5.91 Å². The Labute approximate surface area is 194 Å². The molecule has 0 unspecified atom stereocenters. The molecule has 0 saturated heterocycles. The normalized spacial score (nSPS) is 12.8. The van der Waals surface area contributed by atoms with E-state index in [-0.39, 0.29) is 18.3 Å². The van der Waals surface area contributed by atoms with E-state index in [1.807, 2.05) is 36.4 Å². The van der Waals surface area contributed by atoms with E-state index in [1.54, 1.807) is 17.9 Å². The Balaban J connectivity index is 1.66. The summed E-state index contributed by atoms with van der Waals surface area (Å²) in [5, 5.41) is 0. The fourth-order valence-corrected chi connectivity index (χ4v) is 4.55. The molecule has 4 nitrogen and oxygen atoms in total. The second-order valence-electron chi connectivity index (χ2n) is 8.53. The van der Waals surface area contributed by atoms with Gasteiger partial charge in [0.15, 0.2) is 0 Å². The number of rotatable bonds is 8. The van der Waals surface area contributed by atoms with Crippen LogP contribution in [0.2, 0.25) is 0 Å². The Morgan fingerprint density at radius 1 is 1.06 bits per heavy atom. The highest BCUT2D eigenvalue weighted by Crippen LogP contribution is 2.38. The number of halogens is 1. The second kappa shape index (κ2) is 10.4. The van der Waals surface area contributed by atoms with Crippen LogP contribution in [0.5, 0.6) is 0 Å². The Morgan fingerprint density at radius 2 is 1.88 bits per heavy atom. The maximum absolute atomic E-state index is 14.6. The molecule has 0 aromatic heterocycles. The van der Waals surface area contributed by atoms with Gasteiger partial charge in [0, 0.05) is 26.4 Å². The summed E-state index contributed by atoms with van der Waals surface area (Å²) in [4.78, 5) is 27.5. The smallest absolute Gasteiger partial charge is 0.224 e. The average molecular weight is 445 g/mol. The summed E-state index contributed by atoms with van der Waals surface area (Å²) >= 11 is 0. The van der Waals surface area contributed by atoms with Crippen molar-refractivity contribution >= 4 is 23.6 Å². The van der Waals surface area contributed by atoms with Crippen molar-refractivity contribution in [2.24, 2.45) is 0 Å². The van der Waals surface area contributed by atoms with Crippen molar-refractivity contribution < 1.29 is 14.0 Å². The third-order valence-electron chi connectivity index (χ3n) is 6.17. The van der Waals surface area contributed by atoms with Gasteiger partial charge in [-0.1, -0.05) is 54.6 Å². The minimum Gasteiger partial charge on any atom is -0.365 e. The van der Waals surface area contributed by atoms with Crippen LogP contribution in [0, 0.1) is 5.82 Å². The van der Waals surface area contributed by atoms with Crippen LogP contribution in [0.15, 0.2) is 66.7 Å². The van der Waals surface area contributed by atoms with Gasteiger partial charge < -0.3 is 14.6 Å². The van der Waals surface area contributed by atoms with Crippen molar-refractivity contribution in [3.63, 3.8) is 0 Å². The molecule has 1 heterocycles. The number of fused-ring (bicyclic) bond motifs is 1. The van der Waals surface area contributed by atoms with E-state index < -0.39 is 0 Å². The zero-order valence-electron chi connectivity index (χ0n) is 19.0. The second-order valence-corrected chi connectivity index (χ2v) is 8.53. The number of hydrogen-bond acceptors (Lipinski definition) is 3. The number of aldehydes is 1. The zero-order chi connectivity index (χ0) is 23.2. The molecule has 33 heavy (non-hydrogen) atoms. The van der Waals surface area contributed by atoms with Gasteiger partial charge in [-0.2, -0.15) is 0 Å². The highest BCUT2D eigenvalue weighted by atomic mass is 19.1. The summed E-state index contributed by atoms with van der Waals surface area (Å²) in [5.41, 5.74) is 5.65. The molecule has 5 heteroatoms. The van der Waals surface area contributed by atoms with Crippen molar-refractivity contribution in [1.82, 2.24) is 0 Å². The summed E-state index contributed by atoms with van der Waals surface area (Å²) in [5.74, 6) is -0.419. The van der Waals surface area contributed by atoms with Crippen molar-refractivity contribution in [2.45, 2.75) is 45.7 Å². The minimum atomic E-state index is -0.335. The molecule has 0 atom stereocenters. The fourth-order valence-electron chi connectivity index (χ4n) is 4.55. The molecule has 1 aliphatic heterocycles. The molecule has 1 amide bonds. The number of para-hydroxylation sites is 1. The number of amides is 1. The molecular formula is C28H29FN2O2. The lowest BCUT2D eigenvalue weighted by Crippen LogP contribution is -2.34. The van der Waals surface area contributed by atoms with Crippen molar-refractivity contribution in [2.75, 3.05) is 16.3 Å². The lowest BCUT2D eigenvalue weighted by atomic mass is 9.98.